The Bertz CT molecular complexity index is 946. The van der Waals surface area contributed by atoms with Gasteiger partial charge in [0, 0.05) is 33.6 Å². The van der Waals surface area contributed by atoms with Gasteiger partial charge in [-0.1, -0.05) is 44.4 Å². The van der Waals surface area contributed by atoms with Crippen molar-refractivity contribution in [3.63, 3.8) is 0 Å². The fraction of sp³-hybridized carbons (Fsp3) is 0.423. The molecule has 0 spiro atoms. The van der Waals surface area contributed by atoms with Crippen molar-refractivity contribution in [3.05, 3.63) is 60.9 Å². The van der Waals surface area contributed by atoms with Gasteiger partial charge in [-0.25, -0.2) is 19.2 Å². The maximum absolute atomic E-state index is 11.5. The standard InChI is InChI=1S/C15H17NO6.C6H12N2.C3H5O.C2H2O4.Pt/c1-2-14(19)21-10-9-16-15(20)22-12-6-3-11(4-7-12)5-8-13(17)18;7-5-3-1-2-4-6(5)8;1-3(2)4;3-1(4)2(5)6;/h2-4,6-7H,1,5,8-10H2,(H,16,20)(H,17,18);5-8H,1-4H2;1H2,2H3;(H,3,4)(H,5,6);/q;-2;-1;;. The molecule has 0 heterocycles. The minimum absolute atomic E-state index is 0. The molecule has 1 aromatic carbocycles. The van der Waals surface area contributed by atoms with Crippen LogP contribution in [0.5, 0.6) is 5.75 Å². The van der Waals surface area contributed by atoms with E-state index >= 15 is 0 Å². The zero-order valence-electron chi connectivity index (χ0n) is 22.5. The number of hydrogen-bond donors (Lipinski definition) is 4. The number of ether oxygens (including phenoxy) is 2. The molecule has 1 saturated carbocycles. The number of carbonyl (C=O) groups excluding carboxylic acids is 3. The van der Waals surface area contributed by atoms with Gasteiger partial charge in [0.2, 0.25) is 0 Å². The van der Waals surface area contributed by atoms with Crippen molar-refractivity contribution >= 4 is 35.8 Å². The number of carboxylic acids is 3. The number of amides is 1. The predicted molar refractivity (Wildman–Crippen MR) is 144 cm³/mol. The number of aryl methyl sites for hydroxylation is 1. The Hall–Kier alpha value is -3.74. The van der Waals surface area contributed by atoms with Crippen LogP contribution in [0.1, 0.15) is 44.6 Å². The van der Waals surface area contributed by atoms with Gasteiger partial charge in [0.1, 0.15) is 12.4 Å². The van der Waals surface area contributed by atoms with Crippen LogP contribution in [-0.2, 0) is 56.2 Å². The fourth-order valence-electron chi connectivity index (χ4n) is 2.61. The van der Waals surface area contributed by atoms with E-state index in [0.29, 0.717) is 12.2 Å². The maximum Gasteiger partial charge on any atom is 0.414 e. The summed E-state index contributed by atoms with van der Waals surface area (Å²) in [6.45, 7) is 7.80. The Morgan fingerprint density at radius 3 is 1.83 bits per heavy atom. The molecule has 1 amide bonds. The van der Waals surface area contributed by atoms with Crippen LogP contribution in [0.25, 0.3) is 11.5 Å². The van der Waals surface area contributed by atoms with E-state index in [-0.39, 0.29) is 58.5 Å². The Morgan fingerprint density at radius 1 is 1.00 bits per heavy atom. The smallest absolute Gasteiger partial charge is 0.414 e. The number of rotatable bonds is 8. The van der Waals surface area contributed by atoms with Gasteiger partial charge in [-0.3, -0.25) is 4.79 Å². The number of aliphatic carboxylic acids is 3. The molecule has 1 aromatic rings. The number of hydrogen-bond acceptors (Lipinski definition) is 8. The molecule has 1 fully saturated rings. The molecule has 0 saturated heterocycles. The number of Topliss-reactive ketones (excluding diaryl/α,β-unsaturated/α-hetero) is 1. The SMILES string of the molecule is C=CC(=O)OCCNC(=O)Oc1ccc(CCC(=O)O)cc1.O=C(O)C(=O)O.[CH2-]C(C)=O.[NH-]C1CCCCC1[NH-].[Pt]. The van der Waals surface area contributed by atoms with Crippen LogP contribution in [-0.4, -0.2) is 76.3 Å². The number of carbonyl (C=O) groups is 6. The number of nitrogens with one attached hydrogen (secondary N) is 3. The first-order valence-corrected chi connectivity index (χ1v) is 12.0. The third kappa shape index (κ3) is 27.6. The quantitative estimate of drug-likeness (QED) is 0.0983. The van der Waals surface area contributed by atoms with E-state index < -0.39 is 30.0 Å². The molecule has 1 aliphatic rings. The zero-order chi connectivity index (χ0) is 31.1. The molecule has 1 aliphatic carbocycles. The molecule has 0 aromatic heterocycles. The first-order valence-electron chi connectivity index (χ1n) is 12.0. The first kappa shape index (κ1) is 41.7. The largest absolute Gasteiger partial charge is 0.676 e. The minimum atomic E-state index is -1.82. The first-order chi connectivity index (χ1) is 18.7. The second-order valence-electron chi connectivity index (χ2n) is 8.04. The van der Waals surface area contributed by atoms with Crippen molar-refractivity contribution in [1.29, 1.82) is 0 Å². The minimum Gasteiger partial charge on any atom is -0.676 e. The molecule has 6 N–H and O–H groups in total. The van der Waals surface area contributed by atoms with Crippen LogP contribution in [0, 0.1) is 6.92 Å². The number of ketones is 1. The number of esters is 1. The summed E-state index contributed by atoms with van der Waals surface area (Å²) in [6.07, 6.45) is 5.06. The van der Waals surface area contributed by atoms with Gasteiger partial charge >= 0.3 is 30.0 Å². The summed E-state index contributed by atoms with van der Waals surface area (Å²) in [5.41, 5.74) is 15.4. The molecule has 2 atom stereocenters. The van der Waals surface area contributed by atoms with Crippen molar-refractivity contribution in [1.82, 2.24) is 5.32 Å². The fourth-order valence-corrected chi connectivity index (χ4v) is 2.61. The van der Waals surface area contributed by atoms with Crippen molar-refractivity contribution in [2.45, 2.75) is 57.5 Å². The summed E-state index contributed by atoms with van der Waals surface area (Å²) in [5.74, 6) is -4.83. The molecule has 15 heteroatoms. The number of benzene rings is 1. The topological polar surface area (TPSA) is 241 Å². The van der Waals surface area contributed by atoms with Gasteiger partial charge in [0.15, 0.2) is 0 Å². The van der Waals surface area contributed by atoms with Crippen molar-refractivity contribution in [2.75, 3.05) is 13.2 Å². The van der Waals surface area contributed by atoms with E-state index in [1.165, 1.54) is 19.8 Å². The van der Waals surface area contributed by atoms with Crippen LogP contribution in [0.4, 0.5) is 4.79 Å². The van der Waals surface area contributed by atoms with E-state index in [4.69, 9.17) is 41.1 Å². The van der Waals surface area contributed by atoms with Crippen LogP contribution >= 0.6 is 0 Å². The van der Waals surface area contributed by atoms with E-state index in [2.05, 4.69) is 23.6 Å². The normalized spacial score (nSPS) is 14.6. The second kappa shape index (κ2) is 25.2. The molecule has 2 unspecified atom stereocenters. The van der Waals surface area contributed by atoms with Gasteiger partial charge < -0.3 is 53.3 Å². The molecule has 41 heavy (non-hydrogen) atoms. The molecular weight excluding hydrogens is 725 g/mol. The van der Waals surface area contributed by atoms with Gasteiger partial charge in [0.05, 0.1) is 6.54 Å². The summed E-state index contributed by atoms with van der Waals surface area (Å²) in [6, 6.07) is 6.38. The molecule has 14 nitrogen and oxygen atoms in total. The molecular formula is C26H36N3O11Pt-3. The van der Waals surface area contributed by atoms with E-state index in [0.717, 1.165) is 24.5 Å². The predicted octanol–water partition coefficient (Wildman–Crippen LogP) is 3.49. The summed E-state index contributed by atoms with van der Waals surface area (Å²) >= 11 is 0. The molecule has 0 aliphatic heterocycles. The summed E-state index contributed by atoms with van der Waals surface area (Å²) in [5, 5.41) is 25.8. The average Bonchev–Trinajstić information content (AvgIpc) is 2.88. The molecule has 2 rings (SSSR count). The Balaban J connectivity index is -0.000000617. The van der Waals surface area contributed by atoms with Gasteiger partial charge in [-0.2, -0.15) is 12.1 Å². The Morgan fingerprint density at radius 2 is 1.46 bits per heavy atom. The molecule has 0 radical (unpaired) electrons. The van der Waals surface area contributed by atoms with Crippen molar-refractivity contribution < 1.29 is 74.6 Å². The van der Waals surface area contributed by atoms with E-state index in [1.807, 2.05) is 0 Å². The van der Waals surface area contributed by atoms with Crippen LogP contribution in [0.15, 0.2) is 36.9 Å². The summed E-state index contributed by atoms with van der Waals surface area (Å²) < 4.78 is 9.68. The Kier molecular flexibility index (Phi) is 25.7. The van der Waals surface area contributed by atoms with Crippen LogP contribution in [0.3, 0.4) is 0 Å². The van der Waals surface area contributed by atoms with Gasteiger partial charge in [-0.05, 0) is 36.8 Å². The van der Waals surface area contributed by atoms with Crippen LogP contribution < -0.4 is 10.1 Å². The summed E-state index contributed by atoms with van der Waals surface area (Å²) in [4.78, 5) is 60.2. The molecule has 0 bridgehead atoms. The summed E-state index contributed by atoms with van der Waals surface area (Å²) in [7, 11) is 0. The van der Waals surface area contributed by atoms with Crippen molar-refractivity contribution in [3.8, 4) is 5.75 Å². The second-order valence-corrected chi connectivity index (χ2v) is 8.04. The van der Waals surface area contributed by atoms with Crippen LogP contribution in [0.2, 0.25) is 0 Å². The third-order valence-electron chi connectivity index (χ3n) is 4.49. The Labute approximate surface area is 252 Å². The number of carboxylic acid groups (broad SMARTS) is 3. The third-order valence-corrected chi connectivity index (χ3v) is 4.49. The zero-order valence-corrected chi connectivity index (χ0v) is 24.8. The molecule has 234 valence electrons. The van der Waals surface area contributed by atoms with Gasteiger partial charge in [-0.15, -0.1) is 0 Å². The maximum atomic E-state index is 11.5. The van der Waals surface area contributed by atoms with Crippen molar-refractivity contribution in [2.24, 2.45) is 0 Å². The van der Waals surface area contributed by atoms with E-state index in [1.54, 1.807) is 24.3 Å². The monoisotopic (exact) mass is 761 g/mol. The van der Waals surface area contributed by atoms with E-state index in [9.17, 15) is 19.2 Å². The average molecular weight is 762 g/mol. The van der Waals surface area contributed by atoms with Gasteiger partial charge in [0.25, 0.3) is 0 Å².